The molecular formula is C10H15N4O14P3S. The monoisotopic (exact) mass is 540 g/mol. The second-order valence-electron chi connectivity index (χ2n) is 6.19. The number of ether oxygens (including phenoxy) is 1. The number of aliphatic hydroxyl groups excluding tert-OH is 2. The van der Waals surface area contributed by atoms with Crippen LogP contribution in [0.25, 0.3) is 11.2 Å². The zero-order valence-corrected chi connectivity index (χ0v) is 18.7. The van der Waals surface area contributed by atoms with Gasteiger partial charge < -0.3 is 34.5 Å². The van der Waals surface area contributed by atoms with E-state index < -0.39 is 64.8 Å². The van der Waals surface area contributed by atoms with E-state index in [0.29, 0.717) is 0 Å². The number of nitrogens with one attached hydrogen (secondary N) is 2. The Morgan fingerprint density at radius 3 is 2.38 bits per heavy atom. The maximum absolute atomic E-state index is 11.8. The van der Waals surface area contributed by atoms with E-state index in [-0.39, 0.29) is 11.2 Å². The first-order valence-corrected chi connectivity index (χ1v) is 13.7. The van der Waals surface area contributed by atoms with Crippen molar-refractivity contribution in [2.45, 2.75) is 24.5 Å². The molecule has 18 nitrogen and oxygen atoms in total. The maximum atomic E-state index is 11.8. The molecule has 3 rings (SSSR count). The summed E-state index contributed by atoms with van der Waals surface area (Å²) in [6.07, 6.45) is -5.39. The molecular weight excluding hydrogens is 525 g/mol. The number of aromatic amines is 2. The van der Waals surface area contributed by atoms with Gasteiger partial charge in [-0.1, -0.05) is 0 Å². The number of H-pyrrole nitrogens is 2. The number of phosphoric acid groups is 2. The van der Waals surface area contributed by atoms with Gasteiger partial charge >= 0.3 is 28.1 Å². The van der Waals surface area contributed by atoms with Crippen molar-refractivity contribution in [3.63, 3.8) is 0 Å². The third kappa shape index (κ3) is 5.85. The molecule has 32 heavy (non-hydrogen) atoms. The van der Waals surface area contributed by atoms with Crippen molar-refractivity contribution in [2.75, 3.05) is 6.61 Å². The van der Waals surface area contributed by atoms with E-state index in [1.165, 1.54) is 0 Å². The van der Waals surface area contributed by atoms with Crippen LogP contribution in [-0.2, 0) is 38.8 Å². The molecule has 0 aliphatic carbocycles. The topological polar surface area (TPSA) is 276 Å². The highest BCUT2D eigenvalue weighted by atomic mass is 32.5. The predicted molar refractivity (Wildman–Crippen MR) is 103 cm³/mol. The summed E-state index contributed by atoms with van der Waals surface area (Å²) in [5, 5.41) is 20.4. The molecule has 1 saturated heterocycles. The first-order valence-electron chi connectivity index (χ1n) is 8.08. The smallest absolute Gasteiger partial charge is 0.387 e. The number of aliphatic hydroxyl groups is 2. The quantitative estimate of drug-likeness (QED) is 0.161. The van der Waals surface area contributed by atoms with Crippen LogP contribution in [-0.4, -0.2) is 74.2 Å². The van der Waals surface area contributed by atoms with Gasteiger partial charge in [-0.15, -0.1) is 0 Å². The standard InChI is InChI=1S/C10H15N4O14P3S/c15-5-3(1-25-29(19,20)27-30(21,22)28-31(23,24)32)26-9(6(5)16)14-2-11-4-7(14)12-10(18)13-8(4)17/h2-3,5-6,9,15-16H,1H2,(H,19,20)(H,21,22)(H2,23,24,32)(H2,12,13,17,18)/t3-,5-,6+,9+/m0/s1. The Morgan fingerprint density at radius 2 is 1.75 bits per heavy atom. The second kappa shape index (κ2) is 8.90. The molecule has 2 aromatic rings. The van der Waals surface area contributed by atoms with Crippen molar-refractivity contribution >= 4 is 45.3 Å². The molecule has 1 aliphatic rings. The van der Waals surface area contributed by atoms with Crippen LogP contribution in [0.15, 0.2) is 15.9 Å². The normalized spacial score (nSPS) is 27.9. The lowest BCUT2D eigenvalue weighted by atomic mass is 10.1. The van der Waals surface area contributed by atoms with E-state index in [0.717, 1.165) is 10.9 Å². The lowest BCUT2D eigenvalue weighted by molar-refractivity contribution is -0.0503. The summed E-state index contributed by atoms with van der Waals surface area (Å²) in [4.78, 5) is 67.7. The van der Waals surface area contributed by atoms with Gasteiger partial charge in [-0.25, -0.2) is 23.2 Å². The summed E-state index contributed by atoms with van der Waals surface area (Å²) >= 11 is 3.95. The molecule has 180 valence electrons. The molecule has 8 N–H and O–H groups in total. The van der Waals surface area contributed by atoms with E-state index in [2.05, 4.69) is 34.9 Å². The highest BCUT2D eigenvalue weighted by Gasteiger charge is 2.46. The van der Waals surface area contributed by atoms with Crippen LogP contribution in [0.5, 0.6) is 0 Å². The van der Waals surface area contributed by atoms with Crippen molar-refractivity contribution in [1.82, 2.24) is 19.5 Å². The Morgan fingerprint density at radius 1 is 1.09 bits per heavy atom. The van der Waals surface area contributed by atoms with Crippen LogP contribution < -0.4 is 11.2 Å². The molecule has 0 bridgehead atoms. The molecule has 3 heterocycles. The highest BCUT2D eigenvalue weighted by Crippen LogP contribution is 2.66. The molecule has 2 aromatic heterocycles. The second-order valence-corrected chi connectivity index (χ2v) is 12.0. The first-order chi connectivity index (χ1) is 14.6. The van der Waals surface area contributed by atoms with Crippen molar-refractivity contribution in [3.8, 4) is 0 Å². The fourth-order valence-corrected chi connectivity index (χ4v) is 6.50. The number of aromatic nitrogens is 4. The third-order valence-corrected chi connectivity index (χ3v) is 8.30. The average Bonchev–Trinajstić information content (AvgIpc) is 3.12. The molecule has 6 atom stereocenters. The Bertz CT molecular complexity index is 1270. The third-order valence-electron chi connectivity index (χ3n) is 3.90. The largest absolute Gasteiger partial charge is 0.488 e. The minimum absolute atomic E-state index is 0.158. The molecule has 0 saturated carbocycles. The molecule has 22 heteroatoms. The molecule has 0 amide bonds. The van der Waals surface area contributed by atoms with Crippen LogP contribution in [0.1, 0.15) is 6.23 Å². The Balaban J connectivity index is 1.73. The Hall–Kier alpha value is -1.14. The lowest BCUT2D eigenvalue weighted by Crippen LogP contribution is -2.33. The Labute approximate surface area is 180 Å². The summed E-state index contributed by atoms with van der Waals surface area (Å²) in [5.41, 5.74) is -2.09. The predicted octanol–water partition coefficient (Wildman–Crippen LogP) is -2.51. The van der Waals surface area contributed by atoms with Gasteiger partial charge in [0.25, 0.3) is 5.56 Å². The van der Waals surface area contributed by atoms with E-state index in [9.17, 15) is 38.7 Å². The van der Waals surface area contributed by atoms with Gasteiger partial charge in [0.15, 0.2) is 11.7 Å². The van der Waals surface area contributed by atoms with Crippen LogP contribution >= 0.6 is 22.4 Å². The number of phosphoric ester groups is 1. The van der Waals surface area contributed by atoms with Gasteiger partial charge in [0, 0.05) is 0 Å². The van der Waals surface area contributed by atoms with Gasteiger partial charge in [-0.2, -0.15) is 4.31 Å². The van der Waals surface area contributed by atoms with E-state index in [4.69, 9.17) is 14.5 Å². The number of hydrogen-bond acceptors (Lipinski definition) is 12. The molecule has 0 spiro atoms. The maximum Gasteiger partial charge on any atom is 0.488 e. The molecule has 0 radical (unpaired) electrons. The molecule has 1 fully saturated rings. The minimum atomic E-state index is -5.54. The fourth-order valence-electron chi connectivity index (χ4n) is 2.71. The van der Waals surface area contributed by atoms with Gasteiger partial charge in [0.1, 0.15) is 24.0 Å². The van der Waals surface area contributed by atoms with Crippen molar-refractivity contribution < 1.29 is 56.8 Å². The fraction of sp³-hybridized carbons (Fsp3) is 0.500. The Kier molecular flexibility index (Phi) is 7.09. The van der Waals surface area contributed by atoms with E-state index >= 15 is 0 Å². The van der Waals surface area contributed by atoms with Crippen molar-refractivity contribution in [1.29, 1.82) is 0 Å². The average molecular weight is 540 g/mol. The van der Waals surface area contributed by atoms with E-state index in [1.54, 1.807) is 0 Å². The summed E-state index contributed by atoms with van der Waals surface area (Å²) in [6.45, 7) is -5.73. The van der Waals surface area contributed by atoms with Gasteiger partial charge in [-0.3, -0.25) is 23.9 Å². The van der Waals surface area contributed by atoms with Crippen LogP contribution in [0.2, 0.25) is 0 Å². The summed E-state index contributed by atoms with van der Waals surface area (Å²) in [5.74, 6) is 0. The zero-order valence-electron chi connectivity index (χ0n) is 15.2. The lowest BCUT2D eigenvalue weighted by Gasteiger charge is -2.19. The van der Waals surface area contributed by atoms with Crippen molar-refractivity contribution in [2.24, 2.45) is 0 Å². The number of fused-ring (bicyclic) bond motifs is 1. The highest BCUT2D eigenvalue weighted by molar-refractivity contribution is 8.08. The summed E-state index contributed by atoms with van der Waals surface area (Å²) in [7, 11) is -10.9. The molecule has 1 aliphatic heterocycles. The van der Waals surface area contributed by atoms with Crippen LogP contribution in [0, 0.1) is 0 Å². The molecule has 0 aromatic carbocycles. The number of hydrogen-bond donors (Lipinski definition) is 8. The SMILES string of the molecule is O=c1[nH]c(=O)c2ncn([C@@H]3O[C@@H](COP(=O)(O)OP(=O)(O)OP(O)(O)=S)[C@H](O)[C@H]3O)c2[nH]1. The van der Waals surface area contributed by atoms with Gasteiger partial charge in [0.2, 0.25) is 0 Å². The number of rotatable bonds is 8. The van der Waals surface area contributed by atoms with E-state index in [1.807, 2.05) is 4.98 Å². The van der Waals surface area contributed by atoms with Crippen molar-refractivity contribution in [3.05, 3.63) is 27.2 Å². The van der Waals surface area contributed by atoms with Gasteiger partial charge in [-0.05, 0) is 11.8 Å². The van der Waals surface area contributed by atoms with Crippen LogP contribution in [0.3, 0.4) is 0 Å². The number of nitrogens with zero attached hydrogens (tertiary/aromatic N) is 2. The van der Waals surface area contributed by atoms with Crippen LogP contribution in [0.4, 0.5) is 0 Å². The minimum Gasteiger partial charge on any atom is -0.387 e. The summed E-state index contributed by atoms with van der Waals surface area (Å²) < 4.78 is 41.7. The summed E-state index contributed by atoms with van der Waals surface area (Å²) in [6, 6.07) is 0. The number of imidazole rings is 1. The van der Waals surface area contributed by atoms with Gasteiger partial charge in [0.05, 0.1) is 12.9 Å². The zero-order chi connectivity index (χ0) is 24.1. The first kappa shape index (κ1) is 25.5. The molecule has 2 unspecified atom stereocenters.